The maximum absolute atomic E-state index is 14.2. The molecule has 2 aliphatic heterocycles. The van der Waals surface area contributed by atoms with Crippen molar-refractivity contribution in [3.8, 4) is 11.1 Å². The SMILES string of the molecule is C=O.CCCC1(CN(C)NCc2cc(B3OC(C)(C)C(C)(C)O3)cs2)OCCO1.NC=O.O=CCc1ccc2c(c1)-c1ccccc1C2(F)F. The van der Waals surface area contributed by atoms with E-state index in [1.165, 1.54) is 17.0 Å². The van der Waals surface area contributed by atoms with Crippen molar-refractivity contribution < 1.29 is 41.9 Å². The number of rotatable bonds is 10. The van der Waals surface area contributed by atoms with Gasteiger partial charge in [-0.2, -0.15) is 8.78 Å². The quantitative estimate of drug-likeness (QED) is 0.170. The van der Waals surface area contributed by atoms with Gasteiger partial charge in [0.1, 0.15) is 13.1 Å². The fourth-order valence-electron chi connectivity index (χ4n) is 5.86. The summed E-state index contributed by atoms with van der Waals surface area (Å²) in [5.41, 5.74) is 10.0. The number of ether oxygens (including phenoxy) is 2. The molecule has 0 unspecified atom stereocenters. The minimum absolute atomic E-state index is 0.0262. The summed E-state index contributed by atoms with van der Waals surface area (Å²) in [6, 6.07) is 13.4. The number of benzene rings is 2. The highest BCUT2D eigenvalue weighted by molar-refractivity contribution is 7.11. The van der Waals surface area contributed by atoms with Crippen molar-refractivity contribution >= 4 is 43.4 Å². The number of alkyl halides is 2. The van der Waals surface area contributed by atoms with Crippen LogP contribution in [-0.2, 0) is 52.1 Å². The van der Waals surface area contributed by atoms with Crippen LogP contribution in [0.3, 0.4) is 0 Å². The van der Waals surface area contributed by atoms with Gasteiger partial charge in [-0.1, -0.05) is 55.8 Å². The molecule has 2 saturated heterocycles. The van der Waals surface area contributed by atoms with E-state index in [1.807, 2.05) is 13.8 Å². The molecule has 1 aromatic heterocycles. The molecule has 3 aromatic rings. The summed E-state index contributed by atoms with van der Waals surface area (Å²) in [7, 11) is 1.73. The Labute approximate surface area is 297 Å². The number of nitrogens with one attached hydrogen (secondary N) is 1. The number of hydrogen-bond donors (Lipinski definition) is 2. The van der Waals surface area contributed by atoms with Gasteiger partial charge in [0, 0.05) is 42.4 Å². The van der Waals surface area contributed by atoms with Gasteiger partial charge in [-0.3, -0.25) is 10.2 Å². The van der Waals surface area contributed by atoms with Crippen LogP contribution in [0.25, 0.3) is 11.1 Å². The molecule has 3 aliphatic rings. The summed E-state index contributed by atoms with van der Waals surface area (Å²) in [6.07, 6.45) is 3.22. The van der Waals surface area contributed by atoms with Crippen LogP contribution in [0.15, 0.2) is 53.9 Å². The molecule has 10 nitrogen and oxygen atoms in total. The Kier molecular flexibility index (Phi) is 14.5. The summed E-state index contributed by atoms with van der Waals surface area (Å²) < 4.78 is 52.4. The van der Waals surface area contributed by atoms with E-state index in [4.69, 9.17) is 28.4 Å². The van der Waals surface area contributed by atoms with E-state index in [0.29, 0.717) is 30.9 Å². The Morgan fingerprint density at radius 3 is 2.18 bits per heavy atom. The Balaban J connectivity index is 0.000000253. The van der Waals surface area contributed by atoms with Crippen LogP contribution in [-0.4, -0.2) is 75.4 Å². The topological polar surface area (TPSA) is 129 Å². The third-order valence-electron chi connectivity index (χ3n) is 8.94. The van der Waals surface area contributed by atoms with Crippen molar-refractivity contribution in [2.45, 2.75) is 83.3 Å². The number of halogens is 2. The maximum Gasteiger partial charge on any atom is 0.495 e. The number of likely N-dealkylation sites (N-methyl/N-ethyl adjacent to an activating group) is 1. The lowest BCUT2D eigenvalue weighted by atomic mass is 9.81. The van der Waals surface area contributed by atoms with E-state index in [-0.39, 0.29) is 42.3 Å². The molecule has 14 heteroatoms. The largest absolute Gasteiger partial charge is 0.495 e. The molecule has 272 valence electrons. The van der Waals surface area contributed by atoms with Gasteiger partial charge in [0.15, 0.2) is 5.79 Å². The molecule has 0 atom stereocenters. The smallest absolute Gasteiger partial charge is 0.399 e. The molecule has 0 bridgehead atoms. The standard InChI is InChI=1S/C19H33BN2O4S.C15H10F2O.CH3NO.CH2O/c1-7-8-19(23-9-10-24-19)14-22(6)21-12-16-11-15(13-27-16)20-25-17(2,3)18(4,5)26-20;16-15(17)13-4-2-1-3-11(13)12-9-10(7-8-18)5-6-14(12)15;2-1-3;1-2/h11,13,21H,7-10,12,14H2,1-6H3;1-6,8-9H,7H2;1H,(H2,2,3);1H2. The average Bonchev–Trinajstić information content (AvgIpc) is 3.83. The first-order valence-electron chi connectivity index (χ1n) is 16.4. The third kappa shape index (κ3) is 9.49. The van der Waals surface area contributed by atoms with E-state index in [9.17, 15) is 13.6 Å². The van der Waals surface area contributed by atoms with Crippen molar-refractivity contribution in [3.63, 3.8) is 0 Å². The first-order valence-corrected chi connectivity index (χ1v) is 17.2. The van der Waals surface area contributed by atoms with Crippen LogP contribution in [0.5, 0.6) is 0 Å². The predicted octanol–water partition coefficient (Wildman–Crippen LogP) is 4.99. The van der Waals surface area contributed by atoms with Gasteiger partial charge in [0.25, 0.3) is 5.92 Å². The predicted molar refractivity (Wildman–Crippen MR) is 191 cm³/mol. The van der Waals surface area contributed by atoms with Crippen LogP contribution >= 0.6 is 11.3 Å². The first kappa shape index (κ1) is 41.1. The average molecular weight is 716 g/mol. The molecule has 1 aliphatic carbocycles. The molecular formula is C36H48BF2N3O7S. The van der Waals surface area contributed by atoms with Crippen LogP contribution in [0.4, 0.5) is 8.78 Å². The van der Waals surface area contributed by atoms with Crippen molar-refractivity contribution in [2.24, 2.45) is 5.73 Å². The molecule has 1 amide bonds. The number of carbonyl (C=O) groups is 3. The van der Waals surface area contributed by atoms with Gasteiger partial charge in [-0.25, -0.2) is 5.01 Å². The summed E-state index contributed by atoms with van der Waals surface area (Å²) in [5, 5.41) is 4.19. The van der Waals surface area contributed by atoms with Crippen LogP contribution in [0.2, 0.25) is 0 Å². The van der Waals surface area contributed by atoms with Gasteiger partial charge in [0.2, 0.25) is 6.41 Å². The molecule has 0 radical (unpaired) electrons. The van der Waals surface area contributed by atoms with Gasteiger partial charge in [-0.15, -0.1) is 11.3 Å². The van der Waals surface area contributed by atoms with Crippen molar-refractivity contribution in [2.75, 3.05) is 26.8 Å². The van der Waals surface area contributed by atoms with Gasteiger partial charge >= 0.3 is 7.12 Å². The maximum atomic E-state index is 14.2. The summed E-state index contributed by atoms with van der Waals surface area (Å²) >= 11 is 1.72. The zero-order chi connectivity index (χ0) is 37.2. The Hall–Kier alpha value is -3.37. The first-order chi connectivity index (χ1) is 23.7. The number of hydrazine groups is 1. The van der Waals surface area contributed by atoms with Crippen molar-refractivity contribution in [3.05, 3.63) is 75.5 Å². The second-order valence-corrected chi connectivity index (χ2v) is 14.0. The fourth-order valence-corrected chi connectivity index (χ4v) is 6.68. The zero-order valence-corrected chi connectivity index (χ0v) is 30.4. The minimum Gasteiger partial charge on any atom is -0.399 e. The lowest BCUT2D eigenvalue weighted by Crippen LogP contribution is -2.47. The number of aldehydes is 1. The highest BCUT2D eigenvalue weighted by atomic mass is 32.1. The van der Waals surface area contributed by atoms with Crippen LogP contribution in [0.1, 0.15) is 69.0 Å². The lowest BCUT2D eigenvalue weighted by molar-refractivity contribution is -0.177. The molecule has 3 N–H and O–H groups in total. The molecule has 6 rings (SSSR count). The van der Waals surface area contributed by atoms with E-state index in [2.05, 4.69) is 62.2 Å². The number of carbonyl (C=O) groups excluding carboxylic acids is 3. The van der Waals surface area contributed by atoms with Gasteiger partial charge in [0.05, 0.1) is 31.0 Å². The normalized spacial score (nSPS) is 18.4. The molecule has 2 aromatic carbocycles. The highest BCUT2D eigenvalue weighted by Crippen LogP contribution is 2.51. The van der Waals surface area contributed by atoms with E-state index in [1.54, 1.807) is 41.7 Å². The number of nitrogens with zero attached hydrogens (tertiary/aromatic N) is 1. The van der Waals surface area contributed by atoms with Gasteiger partial charge in [-0.05, 0) is 61.3 Å². The molecule has 0 saturated carbocycles. The van der Waals surface area contributed by atoms with E-state index < -0.39 is 11.7 Å². The number of hydrogen-bond acceptors (Lipinski definition) is 10. The summed E-state index contributed by atoms with van der Waals surface area (Å²) in [5.74, 6) is -3.41. The van der Waals surface area contributed by atoms with Gasteiger partial charge < -0.3 is 34.1 Å². The monoisotopic (exact) mass is 715 g/mol. The fraction of sp³-hybridized carbons (Fsp3) is 0.472. The number of nitrogens with two attached hydrogens (primary N) is 1. The number of thiophene rings is 1. The van der Waals surface area contributed by atoms with E-state index >= 15 is 0 Å². The van der Waals surface area contributed by atoms with Crippen molar-refractivity contribution in [1.29, 1.82) is 0 Å². The Morgan fingerprint density at radius 1 is 0.980 bits per heavy atom. The zero-order valence-electron chi connectivity index (χ0n) is 29.6. The molecule has 50 heavy (non-hydrogen) atoms. The second-order valence-electron chi connectivity index (χ2n) is 13.0. The molecule has 2 fully saturated rings. The third-order valence-corrected chi connectivity index (χ3v) is 9.90. The van der Waals surface area contributed by atoms with Crippen LogP contribution < -0.4 is 16.6 Å². The van der Waals surface area contributed by atoms with Crippen LogP contribution in [0, 0.1) is 0 Å². The Morgan fingerprint density at radius 2 is 1.58 bits per heavy atom. The molecule has 3 heterocycles. The number of amides is 1. The lowest BCUT2D eigenvalue weighted by Gasteiger charge is -2.32. The Bertz CT molecular complexity index is 1550. The molecule has 0 spiro atoms. The second kappa shape index (κ2) is 17.7. The summed E-state index contributed by atoms with van der Waals surface area (Å²) in [4.78, 5) is 28.3. The number of primary amides is 1. The minimum atomic E-state index is -2.94. The highest BCUT2D eigenvalue weighted by Gasteiger charge is 2.52. The summed E-state index contributed by atoms with van der Waals surface area (Å²) in [6.45, 7) is 15.3. The number of fused-ring (bicyclic) bond motifs is 3. The van der Waals surface area contributed by atoms with E-state index in [0.717, 1.165) is 36.7 Å². The molecular weight excluding hydrogens is 667 g/mol. The van der Waals surface area contributed by atoms with Crippen molar-refractivity contribution in [1.82, 2.24) is 10.4 Å².